The van der Waals surface area contributed by atoms with Gasteiger partial charge in [-0.3, -0.25) is 19.2 Å². The molecule has 0 saturated carbocycles. The van der Waals surface area contributed by atoms with Gasteiger partial charge in [0.05, 0.1) is 12.1 Å². The molecule has 0 fully saturated rings. The number of allylic oxidation sites excluding steroid dienone is 1. The molecule has 2 aliphatic rings. The Morgan fingerprint density at radius 1 is 0.932 bits per heavy atom. The maximum atomic E-state index is 15.0. The van der Waals surface area contributed by atoms with E-state index >= 15 is 0 Å². The summed E-state index contributed by atoms with van der Waals surface area (Å²) < 4.78 is 60.5. The van der Waals surface area contributed by atoms with E-state index in [4.69, 9.17) is 0 Å². The van der Waals surface area contributed by atoms with Gasteiger partial charge < -0.3 is 10.6 Å². The van der Waals surface area contributed by atoms with E-state index in [1.165, 1.54) is 24.3 Å². The quantitative estimate of drug-likeness (QED) is 0.0777. The molecule has 59 heavy (non-hydrogen) atoms. The van der Waals surface area contributed by atoms with E-state index in [2.05, 4.69) is 21.1 Å². The maximum absolute atomic E-state index is 15.0. The molecule has 0 radical (unpaired) electrons. The number of tetrazole rings is 1. The van der Waals surface area contributed by atoms with Crippen LogP contribution in [0.25, 0.3) is 5.57 Å². The molecule has 1 aromatic heterocycles. The number of hydrogen-bond acceptors (Lipinski definition) is 6. The second-order valence-corrected chi connectivity index (χ2v) is 17.6. The summed E-state index contributed by atoms with van der Waals surface area (Å²) in [7, 11) is 0. The lowest BCUT2D eigenvalue weighted by molar-refractivity contribution is -0.755. The Morgan fingerprint density at radius 2 is 1.61 bits per heavy atom. The molecular weight excluding hydrogens is 765 g/mol. The summed E-state index contributed by atoms with van der Waals surface area (Å²) in [6, 6.07) is 10.0. The summed E-state index contributed by atoms with van der Waals surface area (Å²) in [5, 5.41) is 14.4. The summed E-state index contributed by atoms with van der Waals surface area (Å²) >= 11 is 0. The third-order valence-electron chi connectivity index (χ3n) is 12.4. The zero-order chi connectivity index (χ0) is 43.3. The molecule has 10 nitrogen and oxygen atoms in total. The first-order valence-electron chi connectivity index (χ1n) is 20.9. The Kier molecular flexibility index (Phi) is 14.3. The maximum Gasteiger partial charge on any atom is 0.416 e. The number of nitrogens with zero attached hydrogens (tertiary/aromatic N) is 4. The van der Waals surface area contributed by atoms with Crippen LogP contribution in [0.15, 0.2) is 54.4 Å². The second kappa shape index (κ2) is 18.7. The number of aromatic nitrogens is 4. The van der Waals surface area contributed by atoms with Gasteiger partial charge in [-0.15, -0.1) is 4.68 Å². The summed E-state index contributed by atoms with van der Waals surface area (Å²) in [6.45, 7) is 14.4. The third kappa shape index (κ3) is 10.7. The standard InChI is InChI=1S/C45H58F4N6O4/c1-8-28(3)34(24-32(56)22-31-14-10-11-17-39(31)46)42(59)51-44(19-18-30-23-36-33(37(30)26-44)15-12-16-38(36)45(47,48)49)40(57)25-35(29(4)9-2)41(58)50-20-13-21-54-27-55(53-52-54)43(5,6)7/h10-12,14-17,27-29,34-35H,8-9,13,18-26H2,1-7H3,(H-,50,51,58,59)/p+1/t28?,29?,34-,35-,44+/m0/s1. The fraction of sp³-hybridized carbons (Fsp3) is 0.578. The first-order chi connectivity index (χ1) is 27.8. The van der Waals surface area contributed by atoms with Gasteiger partial charge in [-0.25, -0.2) is 4.39 Å². The smallest absolute Gasteiger partial charge is 0.356 e. The lowest BCUT2D eigenvalue weighted by Crippen LogP contribution is -2.58. The SMILES string of the molecule is CCC(C)[C@H](CC(=O)[C@@]1(NC(=O)[C@@H](CC(=O)Cc2ccccc2F)C(C)CC)CCC2=C(C1)c1cccc(C(F)(F)F)c1C2)C(=O)NCCC[n+]1cn(C(C)(C)C)nn1. The predicted molar refractivity (Wildman–Crippen MR) is 215 cm³/mol. The third-order valence-corrected chi connectivity index (χ3v) is 12.4. The number of nitrogens with one attached hydrogen (secondary N) is 2. The Morgan fingerprint density at radius 3 is 2.24 bits per heavy atom. The fourth-order valence-electron chi connectivity index (χ4n) is 8.29. The predicted octanol–water partition coefficient (Wildman–Crippen LogP) is 7.52. The molecule has 2 N–H and O–H groups in total. The van der Waals surface area contributed by atoms with Crippen LogP contribution in [0.3, 0.4) is 0 Å². The highest BCUT2D eigenvalue weighted by Crippen LogP contribution is 2.49. The zero-order valence-electron chi connectivity index (χ0n) is 35.3. The molecule has 1 heterocycles. The number of fused-ring (bicyclic) bond motifs is 2. The van der Waals surface area contributed by atoms with Crippen molar-refractivity contribution in [2.75, 3.05) is 6.54 Å². The van der Waals surface area contributed by atoms with E-state index in [1.807, 2.05) is 48.5 Å². The summed E-state index contributed by atoms with van der Waals surface area (Å²) in [4.78, 5) is 56.7. The van der Waals surface area contributed by atoms with Crippen LogP contribution in [0, 0.1) is 29.5 Å². The highest BCUT2D eigenvalue weighted by Gasteiger charge is 2.48. The van der Waals surface area contributed by atoms with E-state index in [0.29, 0.717) is 43.5 Å². The van der Waals surface area contributed by atoms with E-state index < -0.39 is 40.8 Å². The molecule has 14 heteroatoms. The number of benzene rings is 2. The van der Waals surface area contributed by atoms with Crippen LogP contribution in [0.4, 0.5) is 17.6 Å². The number of amides is 2. The Labute approximate surface area is 344 Å². The van der Waals surface area contributed by atoms with Gasteiger partial charge in [0.2, 0.25) is 18.1 Å². The molecule has 3 aromatic rings. The van der Waals surface area contributed by atoms with Gasteiger partial charge in [0, 0.05) is 44.1 Å². The normalized spacial score (nSPS) is 18.7. The van der Waals surface area contributed by atoms with Gasteiger partial charge >= 0.3 is 6.18 Å². The number of halogens is 4. The highest BCUT2D eigenvalue weighted by molar-refractivity contribution is 5.99. The zero-order valence-corrected chi connectivity index (χ0v) is 35.3. The van der Waals surface area contributed by atoms with Crippen molar-refractivity contribution in [2.24, 2.45) is 23.7 Å². The monoisotopic (exact) mass is 823 g/mol. The van der Waals surface area contributed by atoms with Crippen LogP contribution >= 0.6 is 0 Å². The second-order valence-electron chi connectivity index (χ2n) is 17.6. The number of alkyl halides is 3. The number of rotatable bonds is 18. The largest absolute Gasteiger partial charge is 0.416 e. The molecule has 2 aromatic carbocycles. The van der Waals surface area contributed by atoms with Crippen LogP contribution in [-0.2, 0) is 50.3 Å². The molecule has 5 atom stereocenters. The van der Waals surface area contributed by atoms with Crippen molar-refractivity contribution in [2.45, 2.75) is 136 Å². The number of ketones is 2. The molecule has 5 rings (SSSR count). The first kappa shape index (κ1) is 45.3. The summed E-state index contributed by atoms with van der Waals surface area (Å²) in [5.41, 5.74) is -0.314. The Hall–Kier alpha value is -4.75. The van der Waals surface area contributed by atoms with Gasteiger partial charge in [-0.05, 0) is 92.7 Å². The molecule has 0 saturated heterocycles. The topological polar surface area (TPSA) is 127 Å². The molecular formula is C45H59F4N6O4+. The van der Waals surface area contributed by atoms with Crippen LogP contribution in [0.1, 0.15) is 122 Å². The Bertz CT molecular complexity index is 2050. The average molecular weight is 824 g/mol. The van der Waals surface area contributed by atoms with Crippen molar-refractivity contribution in [3.05, 3.63) is 82.4 Å². The molecule has 0 aliphatic heterocycles. The summed E-state index contributed by atoms with van der Waals surface area (Å²) in [6.07, 6.45) is -1.20. The van der Waals surface area contributed by atoms with Gasteiger partial charge in [0.25, 0.3) is 0 Å². The average Bonchev–Trinajstić information content (AvgIpc) is 3.82. The number of carbonyl (C=O) groups is 4. The molecule has 0 bridgehead atoms. The van der Waals surface area contributed by atoms with Crippen LogP contribution < -0.4 is 15.3 Å². The molecule has 0 spiro atoms. The van der Waals surface area contributed by atoms with E-state index in [9.17, 15) is 36.7 Å². The van der Waals surface area contributed by atoms with Crippen molar-refractivity contribution >= 4 is 29.0 Å². The van der Waals surface area contributed by atoms with Crippen molar-refractivity contribution in [3.8, 4) is 0 Å². The van der Waals surface area contributed by atoms with Crippen LogP contribution in [0.5, 0.6) is 0 Å². The molecule has 2 amide bonds. The molecule has 320 valence electrons. The van der Waals surface area contributed by atoms with Crippen LogP contribution in [0.2, 0.25) is 0 Å². The van der Waals surface area contributed by atoms with Crippen LogP contribution in [-0.4, -0.2) is 50.6 Å². The van der Waals surface area contributed by atoms with E-state index in [1.54, 1.807) is 27.8 Å². The van der Waals surface area contributed by atoms with E-state index in [-0.39, 0.29) is 90.9 Å². The fourth-order valence-corrected chi connectivity index (χ4v) is 8.29. The number of hydrogen-bond donors (Lipinski definition) is 2. The minimum absolute atomic E-state index is 0.0427. The number of Topliss-reactive ketones (excluding diaryl/α,β-unsaturated/α-hetero) is 2. The van der Waals surface area contributed by atoms with Gasteiger partial charge in [0.1, 0.15) is 27.9 Å². The Balaban J connectivity index is 1.41. The van der Waals surface area contributed by atoms with Crippen molar-refractivity contribution in [1.29, 1.82) is 0 Å². The lowest BCUT2D eigenvalue weighted by atomic mass is 9.71. The first-order valence-corrected chi connectivity index (χ1v) is 20.9. The van der Waals surface area contributed by atoms with E-state index in [0.717, 1.165) is 11.6 Å². The van der Waals surface area contributed by atoms with Crippen molar-refractivity contribution < 1.29 is 41.4 Å². The summed E-state index contributed by atoms with van der Waals surface area (Å²) in [5.74, 6) is -4.16. The number of aryl methyl sites for hydroxylation is 1. The minimum atomic E-state index is -4.57. The number of carbonyl (C=O) groups excluding carboxylic acids is 4. The highest BCUT2D eigenvalue weighted by atomic mass is 19.4. The van der Waals surface area contributed by atoms with Gasteiger partial charge in [-0.2, -0.15) is 13.2 Å². The van der Waals surface area contributed by atoms with Crippen molar-refractivity contribution in [1.82, 2.24) is 25.7 Å². The lowest BCUT2D eigenvalue weighted by Gasteiger charge is -2.40. The minimum Gasteiger partial charge on any atom is -0.356 e. The molecule has 2 aliphatic carbocycles. The van der Waals surface area contributed by atoms with Gasteiger partial charge in [0.15, 0.2) is 11.0 Å². The molecule has 2 unspecified atom stereocenters. The van der Waals surface area contributed by atoms with Gasteiger partial charge in [-0.1, -0.05) is 81.1 Å². The van der Waals surface area contributed by atoms with Crippen molar-refractivity contribution in [3.63, 3.8) is 0 Å².